The summed E-state index contributed by atoms with van der Waals surface area (Å²) in [4.78, 5) is 2.30. The molecular weight excluding hydrogens is 216 g/mol. The highest BCUT2D eigenvalue weighted by Gasteiger charge is 2.22. The van der Waals surface area contributed by atoms with Gasteiger partial charge in [-0.15, -0.1) is 0 Å². The Morgan fingerprint density at radius 2 is 2.29 bits per heavy atom. The molecule has 0 aliphatic carbocycles. The summed E-state index contributed by atoms with van der Waals surface area (Å²) < 4.78 is 10.9. The standard InChI is InChI=1S/C13H20N2O2/c1-3-17-13-8-10(4-5-12(13)14)15-7-6-11(9-15)16-2/h4-5,8,11H,3,6-7,9,14H2,1-2H3. The number of rotatable bonds is 4. The number of hydrogen-bond donors (Lipinski definition) is 1. The first-order valence-corrected chi connectivity index (χ1v) is 6.04. The molecule has 4 heteroatoms. The van der Waals surface area contributed by atoms with Crippen molar-refractivity contribution in [1.82, 2.24) is 0 Å². The van der Waals surface area contributed by atoms with Gasteiger partial charge in [-0.25, -0.2) is 0 Å². The van der Waals surface area contributed by atoms with Crippen LogP contribution < -0.4 is 15.4 Å². The van der Waals surface area contributed by atoms with Crippen molar-refractivity contribution >= 4 is 11.4 Å². The normalized spacial score (nSPS) is 19.6. The van der Waals surface area contributed by atoms with E-state index in [0.29, 0.717) is 18.4 Å². The molecule has 0 aromatic heterocycles. The maximum atomic E-state index is 5.86. The van der Waals surface area contributed by atoms with Crippen molar-refractivity contribution in [3.8, 4) is 5.75 Å². The minimum absolute atomic E-state index is 0.336. The average molecular weight is 236 g/mol. The third kappa shape index (κ3) is 2.64. The first kappa shape index (κ1) is 12.0. The summed E-state index contributed by atoms with van der Waals surface area (Å²) in [5.74, 6) is 0.769. The molecule has 1 aromatic rings. The van der Waals surface area contributed by atoms with Gasteiger partial charge >= 0.3 is 0 Å². The number of anilines is 2. The number of nitrogen functional groups attached to an aromatic ring is 1. The Bertz CT molecular complexity index is 382. The van der Waals surface area contributed by atoms with Crippen LogP contribution in [0.25, 0.3) is 0 Å². The van der Waals surface area contributed by atoms with E-state index in [2.05, 4.69) is 4.90 Å². The number of methoxy groups -OCH3 is 1. The number of hydrogen-bond acceptors (Lipinski definition) is 4. The lowest BCUT2D eigenvalue weighted by Crippen LogP contribution is -2.22. The Labute approximate surface area is 102 Å². The molecule has 0 bridgehead atoms. The van der Waals surface area contributed by atoms with Crippen molar-refractivity contribution in [2.45, 2.75) is 19.4 Å². The zero-order valence-corrected chi connectivity index (χ0v) is 10.5. The molecule has 0 spiro atoms. The monoisotopic (exact) mass is 236 g/mol. The lowest BCUT2D eigenvalue weighted by Gasteiger charge is -2.19. The third-order valence-corrected chi connectivity index (χ3v) is 3.14. The number of benzene rings is 1. The quantitative estimate of drug-likeness (QED) is 0.811. The molecule has 1 saturated heterocycles. The molecule has 0 saturated carbocycles. The molecule has 1 atom stereocenters. The van der Waals surface area contributed by atoms with Crippen LogP contribution in [-0.2, 0) is 4.74 Å². The van der Waals surface area contributed by atoms with E-state index >= 15 is 0 Å². The highest BCUT2D eigenvalue weighted by Crippen LogP contribution is 2.30. The zero-order chi connectivity index (χ0) is 12.3. The molecule has 4 nitrogen and oxygen atoms in total. The summed E-state index contributed by atoms with van der Waals surface area (Å²) in [6.45, 7) is 4.55. The number of nitrogens with zero attached hydrogens (tertiary/aromatic N) is 1. The van der Waals surface area contributed by atoms with E-state index < -0.39 is 0 Å². The second kappa shape index (κ2) is 5.27. The molecule has 2 rings (SSSR count). The highest BCUT2D eigenvalue weighted by atomic mass is 16.5. The van der Waals surface area contributed by atoms with Gasteiger partial charge in [-0.05, 0) is 25.5 Å². The van der Waals surface area contributed by atoms with Crippen LogP contribution in [0.3, 0.4) is 0 Å². The summed E-state index contributed by atoms with van der Waals surface area (Å²) in [5.41, 5.74) is 7.71. The van der Waals surface area contributed by atoms with E-state index in [4.69, 9.17) is 15.2 Å². The summed E-state index contributed by atoms with van der Waals surface area (Å²) in [6.07, 6.45) is 1.41. The smallest absolute Gasteiger partial charge is 0.144 e. The lowest BCUT2D eigenvalue weighted by atomic mass is 10.2. The topological polar surface area (TPSA) is 47.7 Å². The number of nitrogens with two attached hydrogens (primary N) is 1. The Morgan fingerprint density at radius 1 is 1.47 bits per heavy atom. The van der Waals surface area contributed by atoms with Crippen LogP contribution >= 0.6 is 0 Å². The van der Waals surface area contributed by atoms with Crippen LogP contribution in [0.15, 0.2) is 18.2 Å². The molecule has 1 fully saturated rings. The first-order chi connectivity index (χ1) is 8.24. The van der Waals surface area contributed by atoms with Gasteiger partial charge < -0.3 is 20.1 Å². The van der Waals surface area contributed by atoms with Gasteiger partial charge in [0.25, 0.3) is 0 Å². The van der Waals surface area contributed by atoms with Crippen LogP contribution in [0.2, 0.25) is 0 Å². The molecule has 1 heterocycles. The van der Waals surface area contributed by atoms with Gasteiger partial charge in [-0.2, -0.15) is 0 Å². The summed E-state index contributed by atoms with van der Waals surface area (Å²) in [5, 5.41) is 0. The first-order valence-electron chi connectivity index (χ1n) is 6.04. The van der Waals surface area contributed by atoms with Crippen LogP contribution in [0.4, 0.5) is 11.4 Å². The van der Waals surface area contributed by atoms with Gasteiger partial charge in [0.15, 0.2) is 0 Å². The fourth-order valence-corrected chi connectivity index (χ4v) is 2.16. The molecule has 0 amide bonds. The predicted octanol–water partition coefficient (Wildman–Crippen LogP) is 1.89. The third-order valence-electron chi connectivity index (χ3n) is 3.14. The van der Waals surface area contributed by atoms with E-state index in [-0.39, 0.29) is 0 Å². The second-order valence-corrected chi connectivity index (χ2v) is 4.25. The van der Waals surface area contributed by atoms with E-state index in [0.717, 1.165) is 30.9 Å². The summed E-state index contributed by atoms with van der Waals surface area (Å²) >= 11 is 0. The molecule has 1 aliphatic rings. The SMILES string of the molecule is CCOc1cc(N2CCC(OC)C2)ccc1N. The van der Waals surface area contributed by atoms with Gasteiger partial charge in [-0.1, -0.05) is 0 Å². The summed E-state index contributed by atoms with van der Waals surface area (Å²) in [6, 6.07) is 5.95. The van der Waals surface area contributed by atoms with Crippen LogP contribution in [0, 0.1) is 0 Å². The van der Waals surface area contributed by atoms with Crippen molar-refractivity contribution in [3.63, 3.8) is 0 Å². The molecule has 1 aromatic carbocycles. The minimum atomic E-state index is 0.336. The molecule has 2 N–H and O–H groups in total. The Hall–Kier alpha value is -1.42. The highest BCUT2D eigenvalue weighted by molar-refractivity contribution is 5.62. The van der Waals surface area contributed by atoms with Gasteiger partial charge in [0, 0.05) is 32.0 Å². The average Bonchev–Trinajstić information content (AvgIpc) is 2.81. The van der Waals surface area contributed by atoms with Gasteiger partial charge in [0.05, 0.1) is 18.4 Å². The van der Waals surface area contributed by atoms with Crippen molar-refractivity contribution in [2.24, 2.45) is 0 Å². The Kier molecular flexibility index (Phi) is 3.74. The van der Waals surface area contributed by atoms with Crippen LogP contribution in [0.5, 0.6) is 5.75 Å². The lowest BCUT2D eigenvalue weighted by molar-refractivity contribution is 0.121. The maximum absolute atomic E-state index is 5.86. The van der Waals surface area contributed by atoms with Crippen molar-refractivity contribution in [1.29, 1.82) is 0 Å². The summed E-state index contributed by atoms with van der Waals surface area (Å²) in [7, 11) is 1.77. The molecule has 1 aliphatic heterocycles. The maximum Gasteiger partial charge on any atom is 0.144 e. The van der Waals surface area contributed by atoms with Gasteiger partial charge in [-0.3, -0.25) is 0 Å². The molecule has 1 unspecified atom stereocenters. The van der Waals surface area contributed by atoms with Crippen molar-refractivity contribution < 1.29 is 9.47 Å². The van der Waals surface area contributed by atoms with Crippen molar-refractivity contribution in [3.05, 3.63) is 18.2 Å². The molecule has 94 valence electrons. The van der Waals surface area contributed by atoms with Crippen molar-refractivity contribution in [2.75, 3.05) is 37.4 Å². The molecule has 17 heavy (non-hydrogen) atoms. The fourth-order valence-electron chi connectivity index (χ4n) is 2.16. The largest absolute Gasteiger partial charge is 0.492 e. The second-order valence-electron chi connectivity index (χ2n) is 4.25. The Balaban J connectivity index is 2.13. The Morgan fingerprint density at radius 3 is 2.94 bits per heavy atom. The van der Waals surface area contributed by atoms with E-state index in [1.165, 1.54) is 0 Å². The van der Waals surface area contributed by atoms with Crippen LogP contribution in [-0.4, -0.2) is 32.9 Å². The van der Waals surface area contributed by atoms with E-state index in [9.17, 15) is 0 Å². The van der Waals surface area contributed by atoms with Gasteiger partial charge in [0.1, 0.15) is 5.75 Å². The zero-order valence-electron chi connectivity index (χ0n) is 10.5. The van der Waals surface area contributed by atoms with E-state index in [1.54, 1.807) is 7.11 Å². The fraction of sp³-hybridized carbons (Fsp3) is 0.538. The van der Waals surface area contributed by atoms with Crippen LogP contribution in [0.1, 0.15) is 13.3 Å². The van der Waals surface area contributed by atoms with Gasteiger partial charge in [0.2, 0.25) is 0 Å². The predicted molar refractivity (Wildman–Crippen MR) is 69.7 cm³/mol. The number of ether oxygens (including phenoxy) is 2. The molecular formula is C13H20N2O2. The minimum Gasteiger partial charge on any atom is -0.492 e. The van der Waals surface area contributed by atoms with E-state index in [1.807, 2.05) is 25.1 Å². The molecule has 0 radical (unpaired) electrons.